The summed E-state index contributed by atoms with van der Waals surface area (Å²) >= 11 is 1.87. The number of fused-ring (bicyclic) bond motifs is 7. The van der Waals surface area contributed by atoms with Crippen molar-refractivity contribution in [3.63, 3.8) is 0 Å². The lowest BCUT2D eigenvalue weighted by Crippen LogP contribution is -2.10. The van der Waals surface area contributed by atoms with E-state index in [0.29, 0.717) is 0 Å². The van der Waals surface area contributed by atoms with Gasteiger partial charge in [0.1, 0.15) is 0 Å². The van der Waals surface area contributed by atoms with E-state index in [1.807, 2.05) is 11.3 Å². The van der Waals surface area contributed by atoms with Crippen molar-refractivity contribution in [2.45, 2.75) is 0 Å². The van der Waals surface area contributed by atoms with Crippen LogP contribution in [0.2, 0.25) is 0 Å². The molecule has 8 aromatic carbocycles. The van der Waals surface area contributed by atoms with Crippen molar-refractivity contribution in [2.75, 3.05) is 4.90 Å². The van der Waals surface area contributed by atoms with E-state index >= 15 is 0 Å². The summed E-state index contributed by atoms with van der Waals surface area (Å²) in [5.41, 5.74) is 9.40. The zero-order chi connectivity index (χ0) is 32.3. The molecule has 0 aliphatic heterocycles. The van der Waals surface area contributed by atoms with Crippen molar-refractivity contribution in [3.05, 3.63) is 182 Å². The molecule has 2 heterocycles. The van der Waals surface area contributed by atoms with Crippen LogP contribution in [0, 0.1) is 0 Å². The van der Waals surface area contributed by atoms with Crippen molar-refractivity contribution >= 4 is 81.1 Å². The monoisotopic (exact) mass is 642 g/mol. The molecule has 3 heteroatoms. The molecule has 0 fully saturated rings. The summed E-state index contributed by atoms with van der Waals surface area (Å²) < 4.78 is 5.00. The molecule has 0 saturated carbocycles. The number of anilines is 3. The predicted molar refractivity (Wildman–Crippen MR) is 211 cm³/mol. The highest BCUT2D eigenvalue weighted by Gasteiger charge is 2.21. The van der Waals surface area contributed by atoms with Crippen molar-refractivity contribution in [3.8, 4) is 16.8 Å². The Morgan fingerprint density at radius 2 is 1.00 bits per heavy atom. The van der Waals surface area contributed by atoms with Crippen LogP contribution in [0.4, 0.5) is 17.1 Å². The Balaban J connectivity index is 1.22. The first-order chi connectivity index (χ1) is 24.3. The third-order valence-electron chi connectivity index (χ3n) is 9.75. The molecule has 0 radical (unpaired) electrons. The maximum atomic E-state index is 2.44. The summed E-state index contributed by atoms with van der Waals surface area (Å²) in [6.07, 6.45) is 0. The van der Waals surface area contributed by atoms with Crippen LogP contribution < -0.4 is 4.90 Å². The Bertz CT molecular complexity index is 2770. The molecule has 230 valence electrons. The first-order valence-corrected chi connectivity index (χ1v) is 17.5. The third kappa shape index (κ3) is 4.55. The van der Waals surface area contributed by atoms with Gasteiger partial charge in [-0.3, -0.25) is 0 Å². The summed E-state index contributed by atoms with van der Waals surface area (Å²) in [6, 6.07) is 66.2. The van der Waals surface area contributed by atoms with Gasteiger partial charge in [0, 0.05) is 43.3 Å². The van der Waals surface area contributed by atoms with Gasteiger partial charge < -0.3 is 9.47 Å². The van der Waals surface area contributed by atoms with Crippen LogP contribution in [0.25, 0.3) is 69.6 Å². The standard InChI is InChI=1S/C46H30N2S/c1-2-14-35(15-3-1)47(36-26-24-32(25-27-36)34-23-22-31-12-4-5-13-33(31)28-34)44-30-37(29-41-40-18-8-11-21-45(40)49-46(41)44)48-42-19-9-6-16-38(42)39-17-7-10-20-43(39)48/h1-30H. The molecular formula is C46H30N2S. The lowest BCUT2D eigenvalue weighted by molar-refractivity contribution is 1.18. The maximum Gasteiger partial charge on any atom is 0.0661 e. The van der Waals surface area contributed by atoms with E-state index < -0.39 is 0 Å². The van der Waals surface area contributed by atoms with Gasteiger partial charge in [-0.15, -0.1) is 11.3 Å². The van der Waals surface area contributed by atoms with Crippen LogP contribution in [-0.2, 0) is 0 Å². The molecule has 10 rings (SSSR count). The topological polar surface area (TPSA) is 8.17 Å². The predicted octanol–water partition coefficient (Wildman–Crippen LogP) is 13.4. The highest BCUT2D eigenvalue weighted by molar-refractivity contribution is 7.26. The van der Waals surface area contributed by atoms with E-state index in [0.717, 1.165) is 17.1 Å². The van der Waals surface area contributed by atoms with Crippen molar-refractivity contribution in [2.24, 2.45) is 0 Å². The third-order valence-corrected chi connectivity index (χ3v) is 11.0. The molecular weight excluding hydrogens is 613 g/mol. The Morgan fingerprint density at radius 3 is 1.76 bits per heavy atom. The van der Waals surface area contributed by atoms with Gasteiger partial charge in [-0.05, 0) is 82.6 Å². The SMILES string of the molecule is c1ccc(N(c2ccc(-c3ccc4ccccc4c3)cc2)c2cc(-n3c4ccccc4c4ccccc43)cc3c2sc2ccccc23)cc1. The number of hydrogen-bond donors (Lipinski definition) is 0. The number of rotatable bonds is 5. The van der Waals surface area contributed by atoms with E-state index in [4.69, 9.17) is 0 Å². The smallest absolute Gasteiger partial charge is 0.0661 e. The zero-order valence-corrected chi connectivity index (χ0v) is 27.4. The maximum absolute atomic E-state index is 2.44. The fraction of sp³-hybridized carbons (Fsp3) is 0. The molecule has 0 unspecified atom stereocenters. The van der Waals surface area contributed by atoms with Crippen LogP contribution in [0.1, 0.15) is 0 Å². The zero-order valence-electron chi connectivity index (χ0n) is 26.6. The molecule has 0 aliphatic rings. The molecule has 2 aromatic heterocycles. The lowest BCUT2D eigenvalue weighted by atomic mass is 10.0. The van der Waals surface area contributed by atoms with Crippen molar-refractivity contribution in [1.29, 1.82) is 0 Å². The second-order valence-electron chi connectivity index (χ2n) is 12.6. The van der Waals surface area contributed by atoms with E-state index in [9.17, 15) is 0 Å². The van der Waals surface area contributed by atoms with Gasteiger partial charge >= 0.3 is 0 Å². The number of benzene rings is 8. The molecule has 0 aliphatic carbocycles. The van der Waals surface area contributed by atoms with Gasteiger partial charge in [-0.1, -0.05) is 121 Å². The number of aromatic nitrogens is 1. The van der Waals surface area contributed by atoms with Crippen LogP contribution in [0.15, 0.2) is 182 Å². The Labute approximate surface area is 288 Å². The van der Waals surface area contributed by atoms with Gasteiger partial charge in [0.05, 0.1) is 21.4 Å². The van der Waals surface area contributed by atoms with Gasteiger partial charge in [0.15, 0.2) is 0 Å². The minimum atomic E-state index is 1.12. The number of nitrogens with zero attached hydrogens (tertiary/aromatic N) is 2. The van der Waals surface area contributed by atoms with Gasteiger partial charge in [0.25, 0.3) is 0 Å². The molecule has 0 amide bonds. The number of para-hydroxylation sites is 3. The van der Waals surface area contributed by atoms with E-state index in [2.05, 4.69) is 191 Å². The minimum Gasteiger partial charge on any atom is -0.309 e. The first-order valence-electron chi connectivity index (χ1n) is 16.7. The summed E-state index contributed by atoms with van der Waals surface area (Å²) in [4.78, 5) is 2.43. The fourth-order valence-corrected chi connectivity index (χ4v) is 8.65. The first kappa shape index (κ1) is 27.9. The number of thiophene rings is 1. The van der Waals surface area contributed by atoms with Crippen molar-refractivity contribution in [1.82, 2.24) is 4.57 Å². The van der Waals surface area contributed by atoms with E-state index in [-0.39, 0.29) is 0 Å². The summed E-state index contributed by atoms with van der Waals surface area (Å²) in [6.45, 7) is 0. The van der Waals surface area contributed by atoms with Crippen LogP contribution in [-0.4, -0.2) is 4.57 Å². The second-order valence-corrected chi connectivity index (χ2v) is 13.6. The summed E-state index contributed by atoms with van der Waals surface area (Å²) in [5, 5.41) is 7.59. The average molecular weight is 643 g/mol. The molecule has 10 aromatic rings. The van der Waals surface area contributed by atoms with Gasteiger partial charge in [-0.2, -0.15) is 0 Å². The molecule has 0 N–H and O–H groups in total. The molecule has 0 bridgehead atoms. The molecule has 0 atom stereocenters. The van der Waals surface area contributed by atoms with E-state index in [1.54, 1.807) is 0 Å². The van der Waals surface area contributed by atoms with E-state index in [1.165, 1.54) is 69.6 Å². The minimum absolute atomic E-state index is 1.12. The fourth-order valence-electron chi connectivity index (χ4n) is 7.47. The molecule has 49 heavy (non-hydrogen) atoms. The highest BCUT2D eigenvalue weighted by Crippen LogP contribution is 2.47. The largest absolute Gasteiger partial charge is 0.309 e. The Hall–Kier alpha value is -6.16. The average Bonchev–Trinajstić information content (AvgIpc) is 3.71. The van der Waals surface area contributed by atoms with Crippen LogP contribution in [0.5, 0.6) is 0 Å². The van der Waals surface area contributed by atoms with Gasteiger partial charge in [0.2, 0.25) is 0 Å². The van der Waals surface area contributed by atoms with Crippen molar-refractivity contribution < 1.29 is 0 Å². The summed E-state index contributed by atoms with van der Waals surface area (Å²) in [5.74, 6) is 0. The lowest BCUT2D eigenvalue weighted by Gasteiger charge is -2.27. The van der Waals surface area contributed by atoms with Crippen LogP contribution in [0.3, 0.4) is 0 Å². The highest BCUT2D eigenvalue weighted by atomic mass is 32.1. The van der Waals surface area contributed by atoms with Crippen LogP contribution >= 0.6 is 11.3 Å². The Kier molecular flexibility index (Phi) is 6.39. The number of hydrogen-bond acceptors (Lipinski definition) is 2. The Morgan fingerprint density at radius 1 is 0.408 bits per heavy atom. The van der Waals surface area contributed by atoms with Gasteiger partial charge in [-0.25, -0.2) is 0 Å². The normalized spacial score (nSPS) is 11.7. The molecule has 0 spiro atoms. The quantitative estimate of drug-likeness (QED) is 0.181. The summed E-state index contributed by atoms with van der Waals surface area (Å²) in [7, 11) is 0. The second kappa shape index (κ2) is 11.2. The molecule has 2 nitrogen and oxygen atoms in total. The molecule has 0 saturated heterocycles.